The van der Waals surface area contributed by atoms with Crippen molar-refractivity contribution in [2.24, 2.45) is 10.7 Å². The van der Waals surface area contributed by atoms with Crippen molar-refractivity contribution < 1.29 is 24.3 Å². The number of carbonyl (C=O) groups is 4. The van der Waals surface area contributed by atoms with Gasteiger partial charge in [0, 0.05) is 19.3 Å². The van der Waals surface area contributed by atoms with Crippen LogP contribution in [0, 0.1) is 0 Å². The number of halogens is 2. The van der Waals surface area contributed by atoms with Gasteiger partial charge in [0.2, 0.25) is 17.7 Å². The van der Waals surface area contributed by atoms with E-state index in [1.807, 2.05) is 6.07 Å². The molecule has 2 aromatic rings. The lowest BCUT2D eigenvalue weighted by Gasteiger charge is -2.44. The van der Waals surface area contributed by atoms with Gasteiger partial charge in [-0.3, -0.25) is 19.4 Å². The van der Waals surface area contributed by atoms with Crippen LogP contribution >= 0.6 is 43.6 Å². The number of rotatable bonds is 8. The second-order valence-corrected chi connectivity index (χ2v) is 13.0. The number of amidine groups is 1. The van der Waals surface area contributed by atoms with Crippen molar-refractivity contribution in [1.82, 2.24) is 15.5 Å². The topological polar surface area (TPSA) is 154 Å². The highest BCUT2D eigenvalue weighted by Gasteiger charge is 2.64. The molecular weight excluding hydrogens is 642 g/mol. The zero-order valence-corrected chi connectivity index (χ0v) is 24.3. The number of hydrogen-bond donors (Lipinski definition) is 4. The number of nitrogens with zero attached hydrogens (tertiary/aromatic N) is 2. The van der Waals surface area contributed by atoms with Crippen molar-refractivity contribution >= 4 is 73.1 Å². The Hall–Kier alpha value is -2.90. The number of carbonyl (C=O) groups excluding carboxylic acids is 3. The molecule has 4 rings (SSSR count). The first-order valence-corrected chi connectivity index (χ1v) is 14.0. The van der Waals surface area contributed by atoms with E-state index >= 15 is 0 Å². The average Bonchev–Trinajstić information content (AvgIpc) is 3.12. The number of carboxylic acid groups (broad SMARTS) is 1. The Morgan fingerprint density at radius 1 is 1.16 bits per heavy atom. The standard InChI is InChI=1S/C25H25Br2N5O5S/c1-25(2)19(24(36)37)32-22(35)18(23(32)38-25)31-21(34)17(12-6-4-3-5-7-12)30-16(33)11-29-20(28)13-8-14(26)10-15(27)9-13/h3-10,17-19,23H,11H2,1-2H3,(H2,28,29)(H,30,33)(H,31,34)(H,36,37)/t17-,18?,19+,23-/m1/s1. The smallest absolute Gasteiger partial charge is 0.327 e. The summed E-state index contributed by atoms with van der Waals surface area (Å²) in [6.07, 6.45) is 0. The van der Waals surface area contributed by atoms with Gasteiger partial charge in [-0.2, -0.15) is 0 Å². The minimum atomic E-state index is -1.10. The van der Waals surface area contributed by atoms with Crippen molar-refractivity contribution in [2.45, 2.75) is 42.1 Å². The number of carboxylic acids is 1. The van der Waals surface area contributed by atoms with Gasteiger partial charge in [0.05, 0.1) is 0 Å². The highest BCUT2D eigenvalue weighted by atomic mass is 79.9. The average molecular weight is 667 g/mol. The molecule has 4 atom stereocenters. The summed E-state index contributed by atoms with van der Waals surface area (Å²) in [6.45, 7) is 3.19. The van der Waals surface area contributed by atoms with Crippen LogP contribution in [0.5, 0.6) is 0 Å². The zero-order chi connectivity index (χ0) is 27.8. The monoisotopic (exact) mass is 665 g/mol. The summed E-state index contributed by atoms with van der Waals surface area (Å²) in [4.78, 5) is 56.2. The van der Waals surface area contributed by atoms with Gasteiger partial charge in [0.25, 0.3) is 0 Å². The lowest BCUT2D eigenvalue weighted by Crippen LogP contribution is -2.71. The maximum Gasteiger partial charge on any atom is 0.327 e. The van der Waals surface area contributed by atoms with E-state index in [1.54, 1.807) is 56.3 Å². The summed E-state index contributed by atoms with van der Waals surface area (Å²) >= 11 is 8.09. The molecule has 2 heterocycles. The Labute approximate surface area is 240 Å². The molecule has 2 aliphatic rings. The number of fused-ring (bicyclic) bond motifs is 1. The molecule has 0 spiro atoms. The van der Waals surface area contributed by atoms with E-state index in [0.29, 0.717) is 11.1 Å². The van der Waals surface area contributed by atoms with Gasteiger partial charge in [-0.15, -0.1) is 11.8 Å². The first-order valence-electron chi connectivity index (χ1n) is 11.5. The minimum Gasteiger partial charge on any atom is -0.480 e. The van der Waals surface area contributed by atoms with E-state index in [4.69, 9.17) is 5.73 Å². The fourth-order valence-corrected chi connectivity index (χ4v) is 7.40. The lowest BCUT2D eigenvalue weighted by atomic mass is 9.95. The largest absolute Gasteiger partial charge is 0.480 e. The highest BCUT2D eigenvalue weighted by molar-refractivity contribution is 9.11. The van der Waals surface area contributed by atoms with Gasteiger partial charge in [0.1, 0.15) is 35.9 Å². The quantitative estimate of drug-likeness (QED) is 0.192. The molecule has 5 N–H and O–H groups in total. The molecule has 0 aromatic heterocycles. The Balaban J connectivity index is 1.47. The van der Waals surface area contributed by atoms with Crippen LogP contribution in [0.1, 0.15) is 31.0 Å². The van der Waals surface area contributed by atoms with Crippen LogP contribution in [0.15, 0.2) is 62.5 Å². The maximum absolute atomic E-state index is 13.3. The summed E-state index contributed by atoms with van der Waals surface area (Å²) in [5, 5.41) is 14.5. The highest BCUT2D eigenvalue weighted by Crippen LogP contribution is 2.50. The Kier molecular flexibility index (Phi) is 8.19. The predicted molar refractivity (Wildman–Crippen MR) is 150 cm³/mol. The molecular formula is C25H25Br2N5O5S. The summed E-state index contributed by atoms with van der Waals surface area (Å²) in [5.74, 6) is -2.54. The van der Waals surface area contributed by atoms with Crippen molar-refractivity contribution in [1.29, 1.82) is 0 Å². The number of aliphatic imine (C=N–C) groups is 1. The molecule has 0 bridgehead atoms. The Morgan fingerprint density at radius 2 is 1.79 bits per heavy atom. The van der Waals surface area contributed by atoms with Crippen molar-refractivity contribution in [3.05, 3.63) is 68.6 Å². The van der Waals surface area contributed by atoms with Crippen molar-refractivity contribution in [3.63, 3.8) is 0 Å². The third-order valence-corrected chi connectivity index (χ3v) is 8.71. The molecule has 10 nitrogen and oxygen atoms in total. The summed E-state index contributed by atoms with van der Waals surface area (Å²) in [7, 11) is 0. The number of nitrogens with two attached hydrogens (primary N) is 1. The Morgan fingerprint density at radius 3 is 2.39 bits per heavy atom. The van der Waals surface area contributed by atoms with Crippen LogP contribution < -0.4 is 16.4 Å². The second kappa shape index (κ2) is 11.1. The Bertz CT molecular complexity index is 1300. The van der Waals surface area contributed by atoms with Crippen LogP contribution in [-0.4, -0.2) is 68.3 Å². The molecule has 2 aromatic carbocycles. The van der Waals surface area contributed by atoms with E-state index < -0.39 is 51.9 Å². The fraction of sp³-hybridized carbons (Fsp3) is 0.320. The molecule has 0 aliphatic carbocycles. The van der Waals surface area contributed by atoms with Crippen LogP contribution in [0.2, 0.25) is 0 Å². The molecule has 38 heavy (non-hydrogen) atoms. The number of aliphatic carboxylic acids is 1. The maximum atomic E-state index is 13.3. The van der Waals surface area contributed by atoms with Crippen molar-refractivity contribution in [3.8, 4) is 0 Å². The fourth-order valence-electron chi connectivity index (χ4n) is 4.48. The van der Waals surface area contributed by atoms with Gasteiger partial charge < -0.3 is 26.4 Å². The molecule has 200 valence electrons. The van der Waals surface area contributed by atoms with E-state index in [-0.39, 0.29) is 12.4 Å². The number of nitrogens with one attached hydrogen (secondary N) is 2. The van der Waals surface area contributed by atoms with Crippen LogP contribution in [-0.2, 0) is 19.2 Å². The molecule has 0 saturated carbocycles. The molecule has 3 amide bonds. The first kappa shape index (κ1) is 28.1. The van der Waals surface area contributed by atoms with E-state index in [1.165, 1.54) is 16.7 Å². The van der Waals surface area contributed by atoms with Gasteiger partial charge >= 0.3 is 5.97 Å². The number of β-lactam (4-membered cyclic amide) rings is 1. The minimum absolute atomic E-state index is 0.150. The van der Waals surface area contributed by atoms with E-state index in [0.717, 1.165) is 8.95 Å². The van der Waals surface area contributed by atoms with Crippen molar-refractivity contribution in [2.75, 3.05) is 6.54 Å². The SMILES string of the molecule is CC1(C)S[C@@H]2C(NC(=O)[C@H](NC(=O)CN=C(N)c3cc(Br)cc(Br)c3)c3ccccc3)C(=O)N2[C@H]1C(=O)O. The zero-order valence-electron chi connectivity index (χ0n) is 20.4. The summed E-state index contributed by atoms with van der Waals surface area (Å²) < 4.78 is 0.848. The summed E-state index contributed by atoms with van der Waals surface area (Å²) in [5.41, 5.74) is 7.18. The van der Waals surface area contributed by atoms with E-state index in [2.05, 4.69) is 47.5 Å². The number of amides is 3. The van der Waals surface area contributed by atoms with Gasteiger partial charge in [-0.05, 0) is 37.6 Å². The molecule has 2 aliphatic heterocycles. The normalized spacial score (nSPS) is 22.7. The van der Waals surface area contributed by atoms with Gasteiger partial charge in [-0.1, -0.05) is 62.2 Å². The lowest BCUT2D eigenvalue weighted by molar-refractivity contribution is -0.161. The van der Waals surface area contributed by atoms with Gasteiger partial charge in [-0.25, -0.2) is 4.79 Å². The molecule has 0 radical (unpaired) electrons. The van der Waals surface area contributed by atoms with E-state index in [9.17, 15) is 24.3 Å². The third-order valence-electron chi connectivity index (χ3n) is 6.22. The molecule has 2 saturated heterocycles. The first-order chi connectivity index (χ1) is 17.9. The molecule has 2 fully saturated rings. The molecule has 13 heteroatoms. The van der Waals surface area contributed by atoms with Crippen LogP contribution in [0.4, 0.5) is 0 Å². The third kappa shape index (κ3) is 5.74. The summed E-state index contributed by atoms with van der Waals surface area (Å²) in [6, 6.07) is 11.0. The van der Waals surface area contributed by atoms with Gasteiger partial charge in [0.15, 0.2) is 0 Å². The second-order valence-electron chi connectivity index (χ2n) is 9.36. The number of thioether (sulfide) groups is 1. The predicted octanol–water partition coefficient (Wildman–Crippen LogP) is 2.41. The molecule has 1 unspecified atom stereocenters. The number of hydrogen-bond acceptors (Lipinski definition) is 6. The number of benzene rings is 2. The van der Waals surface area contributed by atoms with Crippen LogP contribution in [0.25, 0.3) is 0 Å². The van der Waals surface area contributed by atoms with Crippen LogP contribution in [0.3, 0.4) is 0 Å².